The number of hydrogen-bond donors (Lipinski definition) is 0. The number of non-ortho nitro benzene ring substituents is 1. The number of alkyl halides is 6. The number of nitrogens with zero attached hydrogens (tertiary/aromatic N) is 2. The molecule has 3 aromatic carbocycles. The van der Waals surface area contributed by atoms with Crippen LogP contribution in [0.4, 0.5) is 36.8 Å². The number of nitro benzene ring substituents is 1. The molecule has 1 aliphatic heterocycles. The van der Waals surface area contributed by atoms with Crippen molar-refractivity contribution >= 4 is 11.8 Å². The van der Waals surface area contributed by atoms with Crippen molar-refractivity contribution < 1.29 is 45.5 Å². The zero-order chi connectivity index (χ0) is 29.9. The summed E-state index contributed by atoms with van der Waals surface area (Å²) in [6, 6.07) is 15.2. The molecule has 1 heterocycles. The Morgan fingerprint density at radius 3 is 2.07 bits per heavy atom. The number of halogens is 6. The molecule has 1 saturated heterocycles. The van der Waals surface area contributed by atoms with Gasteiger partial charge in [0.1, 0.15) is 5.75 Å². The molecule has 0 aromatic heterocycles. The van der Waals surface area contributed by atoms with Crippen LogP contribution in [0.1, 0.15) is 47.6 Å². The van der Waals surface area contributed by atoms with Crippen molar-refractivity contribution in [3.63, 3.8) is 0 Å². The molecular formula is C28H24F6N2O5. The van der Waals surface area contributed by atoms with E-state index in [0.717, 1.165) is 5.56 Å². The Hall–Kier alpha value is -4.13. The van der Waals surface area contributed by atoms with Crippen LogP contribution in [0.15, 0.2) is 72.8 Å². The van der Waals surface area contributed by atoms with Gasteiger partial charge in [-0.1, -0.05) is 30.3 Å². The summed E-state index contributed by atoms with van der Waals surface area (Å²) >= 11 is 0. The molecular weight excluding hydrogens is 558 g/mol. The molecule has 0 unspecified atom stereocenters. The third-order valence-corrected chi connectivity index (χ3v) is 6.75. The Kier molecular flexibility index (Phi) is 8.57. The molecule has 3 aromatic rings. The standard InChI is InChI=1S/C28H24F6N2O5/c1-17(19-13-20(27(29,30)31)15-21(14-19)28(32,33)34)40-25-11-12-35(16-24(25)18-5-3-2-4-6-18)26(37)41-23-9-7-22(8-10-23)36(38)39/h2-10,13-15,17,24-25H,11-12,16H2,1H3/t17-,24+,25+/m1/s1. The lowest BCUT2D eigenvalue weighted by Crippen LogP contribution is -2.47. The van der Waals surface area contributed by atoms with Crippen LogP contribution in [-0.4, -0.2) is 35.1 Å². The summed E-state index contributed by atoms with van der Waals surface area (Å²) in [5.74, 6) is -0.390. The first kappa shape index (κ1) is 29.8. The zero-order valence-corrected chi connectivity index (χ0v) is 21.5. The summed E-state index contributed by atoms with van der Waals surface area (Å²) in [7, 11) is 0. The van der Waals surface area contributed by atoms with E-state index in [9.17, 15) is 41.3 Å². The largest absolute Gasteiger partial charge is 0.416 e. The van der Waals surface area contributed by atoms with Gasteiger partial charge in [-0.15, -0.1) is 0 Å². The predicted molar refractivity (Wildman–Crippen MR) is 134 cm³/mol. The van der Waals surface area contributed by atoms with Crippen LogP contribution in [0.2, 0.25) is 0 Å². The van der Waals surface area contributed by atoms with Crippen molar-refractivity contribution in [3.05, 3.63) is 105 Å². The minimum Gasteiger partial charge on any atom is -0.410 e. The first-order valence-corrected chi connectivity index (χ1v) is 12.4. The molecule has 0 radical (unpaired) electrons. The van der Waals surface area contributed by atoms with Crippen LogP contribution < -0.4 is 4.74 Å². The molecule has 4 rings (SSSR count). The highest BCUT2D eigenvalue weighted by atomic mass is 19.4. The van der Waals surface area contributed by atoms with E-state index in [-0.39, 0.29) is 42.6 Å². The van der Waals surface area contributed by atoms with Gasteiger partial charge in [-0.25, -0.2) is 4.79 Å². The zero-order valence-electron chi connectivity index (χ0n) is 21.5. The van der Waals surface area contributed by atoms with Crippen LogP contribution in [0, 0.1) is 10.1 Å². The average molecular weight is 582 g/mol. The highest BCUT2D eigenvalue weighted by Crippen LogP contribution is 2.39. The van der Waals surface area contributed by atoms with Gasteiger partial charge in [0.2, 0.25) is 0 Å². The number of ether oxygens (including phenoxy) is 2. The number of carbonyl (C=O) groups excluding carboxylic acids is 1. The van der Waals surface area contributed by atoms with Crippen molar-refractivity contribution in [3.8, 4) is 5.75 Å². The van der Waals surface area contributed by atoms with Gasteiger partial charge in [-0.05, 0) is 54.8 Å². The molecule has 0 spiro atoms. The van der Waals surface area contributed by atoms with E-state index in [1.807, 2.05) is 0 Å². The van der Waals surface area contributed by atoms with Crippen LogP contribution in [0.25, 0.3) is 0 Å². The average Bonchev–Trinajstić information content (AvgIpc) is 2.92. The minimum atomic E-state index is -4.99. The third-order valence-electron chi connectivity index (χ3n) is 6.75. The fourth-order valence-corrected chi connectivity index (χ4v) is 4.64. The Morgan fingerprint density at radius 1 is 0.951 bits per heavy atom. The molecule has 1 aliphatic rings. The number of amides is 1. The Morgan fingerprint density at radius 2 is 1.54 bits per heavy atom. The monoisotopic (exact) mass is 582 g/mol. The van der Waals surface area contributed by atoms with E-state index in [1.54, 1.807) is 30.3 Å². The van der Waals surface area contributed by atoms with Gasteiger partial charge in [-0.2, -0.15) is 26.3 Å². The summed E-state index contributed by atoms with van der Waals surface area (Å²) in [5.41, 5.74) is -2.57. The number of piperidine rings is 1. The molecule has 7 nitrogen and oxygen atoms in total. The Bertz CT molecular complexity index is 1350. The van der Waals surface area contributed by atoms with E-state index in [0.29, 0.717) is 12.1 Å². The highest BCUT2D eigenvalue weighted by Gasteiger charge is 2.39. The molecule has 3 atom stereocenters. The van der Waals surface area contributed by atoms with E-state index in [2.05, 4.69) is 0 Å². The lowest BCUT2D eigenvalue weighted by atomic mass is 9.87. The smallest absolute Gasteiger partial charge is 0.410 e. The van der Waals surface area contributed by atoms with E-state index in [4.69, 9.17) is 9.47 Å². The Balaban J connectivity index is 1.54. The predicted octanol–water partition coefficient (Wildman–Crippen LogP) is 7.77. The number of hydrogen-bond acceptors (Lipinski definition) is 5. The van der Waals surface area contributed by atoms with E-state index in [1.165, 1.54) is 36.1 Å². The maximum Gasteiger partial charge on any atom is 0.416 e. The SMILES string of the molecule is C[C@@H](O[C@H]1CCN(C(=O)Oc2ccc([N+](=O)[O-])cc2)C[C@H]1c1ccccc1)c1cc(C(F)(F)F)cc(C(F)(F)F)c1. The lowest BCUT2D eigenvalue weighted by Gasteiger charge is -2.39. The van der Waals surface area contributed by atoms with Gasteiger partial charge in [0, 0.05) is 31.1 Å². The van der Waals surface area contributed by atoms with E-state index >= 15 is 0 Å². The molecule has 0 aliphatic carbocycles. The second kappa shape index (κ2) is 11.8. The van der Waals surface area contributed by atoms with Crippen molar-refractivity contribution in [2.45, 2.75) is 43.8 Å². The summed E-state index contributed by atoms with van der Waals surface area (Å²) in [5, 5.41) is 10.8. The van der Waals surface area contributed by atoms with Crippen molar-refractivity contribution in [1.82, 2.24) is 4.90 Å². The van der Waals surface area contributed by atoms with Crippen LogP contribution in [-0.2, 0) is 17.1 Å². The number of nitro groups is 1. The fraction of sp³-hybridized carbons (Fsp3) is 0.321. The van der Waals surface area contributed by atoms with Gasteiger partial charge in [-0.3, -0.25) is 10.1 Å². The molecule has 1 amide bonds. The first-order chi connectivity index (χ1) is 19.2. The molecule has 218 valence electrons. The van der Waals surface area contributed by atoms with Gasteiger partial charge in [0.15, 0.2) is 0 Å². The fourth-order valence-electron chi connectivity index (χ4n) is 4.64. The lowest BCUT2D eigenvalue weighted by molar-refractivity contribution is -0.384. The maximum atomic E-state index is 13.4. The molecule has 0 N–H and O–H groups in total. The van der Waals surface area contributed by atoms with Crippen molar-refractivity contribution in [2.75, 3.05) is 13.1 Å². The van der Waals surface area contributed by atoms with Gasteiger partial charge in [0.05, 0.1) is 28.3 Å². The van der Waals surface area contributed by atoms with Gasteiger partial charge >= 0.3 is 18.4 Å². The minimum absolute atomic E-state index is 0.0675. The molecule has 13 heteroatoms. The molecule has 41 heavy (non-hydrogen) atoms. The molecule has 1 fully saturated rings. The number of carbonyl (C=O) groups is 1. The normalized spacial score (nSPS) is 18.6. The van der Waals surface area contributed by atoms with Crippen molar-refractivity contribution in [1.29, 1.82) is 0 Å². The molecule has 0 bridgehead atoms. The van der Waals surface area contributed by atoms with Gasteiger partial charge < -0.3 is 14.4 Å². The first-order valence-electron chi connectivity index (χ1n) is 12.4. The second-order valence-electron chi connectivity index (χ2n) is 9.53. The number of likely N-dealkylation sites (tertiary alicyclic amines) is 1. The Labute approximate surface area is 230 Å². The summed E-state index contributed by atoms with van der Waals surface area (Å²) in [6.07, 6.45) is -12.3. The summed E-state index contributed by atoms with van der Waals surface area (Å²) in [4.78, 5) is 24.5. The number of rotatable bonds is 6. The van der Waals surface area contributed by atoms with Crippen LogP contribution in [0.5, 0.6) is 5.75 Å². The third kappa shape index (κ3) is 7.34. The van der Waals surface area contributed by atoms with Crippen molar-refractivity contribution in [2.24, 2.45) is 0 Å². The van der Waals surface area contributed by atoms with Crippen LogP contribution in [0.3, 0.4) is 0 Å². The maximum absolute atomic E-state index is 13.4. The summed E-state index contributed by atoms with van der Waals surface area (Å²) < 4.78 is 91.7. The van der Waals surface area contributed by atoms with E-state index < -0.39 is 52.6 Å². The number of benzene rings is 3. The van der Waals surface area contributed by atoms with Crippen LogP contribution >= 0.6 is 0 Å². The van der Waals surface area contributed by atoms with Gasteiger partial charge in [0.25, 0.3) is 5.69 Å². The second-order valence-corrected chi connectivity index (χ2v) is 9.53. The molecule has 0 saturated carbocycles. The highest BCUT2D eigenvalue weighted by molar-refractivity contribution is 5.71. The summed E-state index contributed by atoms with van der Waals surface area (Å²) in [6.45, 7) is 1.60. The topological polar surface area (TPSA) is 81.9 Å². The quantitative estimate of drug-likeness (QED) is 0.169.